The highest BCUT2D eigenvalue weighted by Crippen LogP contribution is 2.68. The number of esters is 2. The van der Waals surface area contributed by atoms with Crippen molar-refractivity contribution in [1.82, 2.24) is 10.2 Å². The molecule has 4 fully saturated rings. The fourth-order valence-electron chi connectivity index (χ4n) is 9.86. The zero-order valence-corrected chi connectivity index (χ0v) is 25.7. The fraction of sp³-hybridized carbons (Fsp3) is 0.844. The van der Waals surface area contributed by atoms with E-state index in [-0.39, 0.29) is 29.2 Å². The highest BCUT2D eigenvalue weighted by molar-refractivity contribution is 5.88. The number of hydrogen-bond donors (Lipinski definition) is 1. The van der Waals surface area contributed by atoms with Gasteiger partial charge in [-0.2, -0.15) is 0 Å². The number of carbonyl (C=O) groups excluding carboxylic acids is 3. The van der Waals surface area contributed by atoms with E-state index in [1.807, 2.05) is 13.8 Å². The fourth-order valence-corrected chi connectivity index (χ4v) is 9.86. The van der Waals surface area contributed by atoms with Gasteiger partial charge in [-0.05, 0) is 114 Å². The summed E-state index contributed by atoms with van der Waals surface area (Å²) in [6.07, 6.45) is 8.16. The van der Waals surface area contributed by atoms with E-state index in [0.29, 0.717) is 41.5 Å². The zero-order chi connectivity index (χ0) is 28.9. The molecule has 4 aliphatic carbocycles. The number of allylic oxidation sites excluding steroid dienone is 1. The highest BCUT2D eigenvalue weighted by Gasteiger charge is 2.64. The molecule has 4 saturated carbocycles. The van der Waals surface area contributed by atoms with Crippen LogP contribution in [0.15, 0.2) is 11.6 Å². The minimum Gasteiger partial charge on any atom is -0.460 e. The van der Waals surface area contributed by atoms with Gasteiger partial charge in [-0.25, -0.2) is 0 Å². The lowest BCUT2D eigenvalue weighted by Crippen LogP contribution is -2.67. The van der Waals surface area contributed by atoms with Gasteiger partial charge < -0.3 is 19.7 Å². The Morgan fingerprint density at radius 2 is 1.49 bits per heavy atom. The topological polar surface area (TPSA) is 84.9 Å². The maximum atomic E-state index is 12.9. The van der Waals surface area contributed by atoms with Crippen molar-refractivity contribution in [1.29, 1.82) is 0 Å². The third-order valence-corrected chi connectivity index (χ3v) is 11.6. The predicted molar refractivity (Wildman–Crippen MR) is 152 cm³/mol. The average molecular weight is 545 g/mol. The van der Waals surface area contributed by atoms with Crippen molar-refractivity contribution < 1.29 is 23.9 Å². The number of carbonyl (C=O) groups is 3. The van der Waals surface area contributed by atoms with Crippen LogP contribution in [0.1, 0.15) is 93.4 Å². The summed E-state index contributed by atoms with van der Waals surface area (Å²) in [5.41, 5.74) is 1.08. The Balaban J connectivity index is 1.68. The van der Waals surface area contributed by atoms with Crippen molar-refractivity contribution >= 4 is 17.8 Å². The maximum absolute atomic E-state index is 12.9. The summed E-state index contributed by atoms with van der Waals surface area (Å²) in [5, 5.41) is 3.08. The molecule has 0 aromatic carbocycles. The van der Waals surface area contributed by atoms with Gasteiger partial charge in [0.25, 0.3) is 0 Å². The Bertz CT molecular complexity index is 989. The van der Waals surface area contributed by atoms with E-state index in [9.17, 15) is 14.4 Å². The van der Waals surface area contributed by atoms with E-state index in [2.05, 4.69) is 45.1 Å². The first-order valence-corrected chi connectivity index (χ1v) is 15.1. The quantitative estimate of drug-likeness (QED) is 0.369. The SMILES string of the molecule is CC(=O)OC1CC2(C)C3CCC4(C)C(CCC4C(C)N(C)C)C3CCC2C(OC(C)=O)C1NC(=O)C=C(C)C. The lowest BCUT2D eigenvalue weighted by Gasteiger charge is -2.63. The van der Waals surface area contributed by atoms with Gasteiger partial charge in [-0.1, -0.05) is 19.4 Å². The van der Waals surface area contributed by atoms with E-state index in [1.165, 1.54) is 33.1 Å². The van der Waals surface area contributed by atoms with Crippen LogP contribution >= 0.6 is 0 Å². The van der Waals surface area contributed by atoms with Crippen molar-refractivity contribution in [2.75, 3.05) is 14.1 Å². The van der Waals surface area contributed by atoms with Crippen molar-refractivity contribution in [3.05, 3.63) is 11.6 Å². The molecule has 11 unspecified atom stereocenters. The maximum Gasteiger partial charge on any atom is 0.302 e. The molecule has 0 heterocycles. The molecule has 0 aromatic heterocycles. The summed E-state index contributed by atoms with van der Waals surface area (Å²) in [6.45, 7) is 13.9. The molecule has 0 bridgehead atoms. The second-order valence-corrected chi connectivity index (χ2v) is 14.2. The molecule has 4 aliphatic rings. The van der Waals surface area contributed by atoms with Crippen LogP contribution in [-0.2, 0) is 23.9 Å². The van der Waals surface area contributed by atoms with Gasteiger partial charge in [-0.15, -0.1) is 0 Å². The molecule has 4 rings (SSSR count). The van der Waals surface area contributed by atoms with Crippen molar-refractivity contribution in [3.8, 4) is 0 Å². The predicted octanol–water partition coefficient (Wildman–Crippen LogP) is 5.13. The Kier molecular flexibility index (Phi) is 8.62. The van der Waals surface area contributed by atoms with E-state index in [0.717, 1.165) is 24.8 Å². The monoisotopic (exact) mass is 544 g/mol. The summed E-state index contributed by atoms with van der Waals surface area (Å²) < 4.78 is 12.0. The van der Waals surface area contributed by atoms with Crippen LogP contribution in [0.4, 0.5) is 0 Å². The summed E-state index contributed by atoms with van der Waals surface area (Å²) in [5.74, 6) is 1.63. The molecule has 0 aliphatic heterocycles. The molecule has 220 valence electrons. The largest absolute Gasteiger partial charge is 0.460 e. The molecule has 7 nitrogen and oxygen atoms in total. The molecular formula is C32H52N2O5. The smallest absolute Gasteiger partial charge is 0.302 e. The number of ether oxygens (including phenoxy) is 2. The first kappa shape index (κ1) is 30.1. The molecule has 39 heavy (non-hydrogen) atoms. The van der Waals surface area contributed by atoms with Crippen LogP contribution in [0.2, 0.25) is 0 Å². The zero-order valence-electron chi connectivity index (χ0n) is 25.7. The van der Waals surface area contributed by atoms with Crippen LogP contribution in [0.25, 0.3) is 0 Å². The van der Waals surface area contributed by atoms with E-state index >= 15 is 0 Å². The number of amides is 1. The Labute approximate surface area is 235 Å². The first-order chi connectivity index (χ1) is 18.2. The van der Waals surface area contributed by atoms with Crippen LogP contribution in [-0.4, -0.2) is 61.1 Å². The van der Waals surface area contributed by atoms with Gasteiger partial charge in [0.1, 0.15) is 18.2 Å². The van der Waals surface area contributed by atoms with Crippen molar-refractivity contribution in [2.24, 2.45) is 40.4 Å². The minimum absolute atomic E-state index is 0.105. The van der Waals surface area contributed by atoms with E-state index in [1.54, 1.807) is 6.08 Å². The third-order valence-electron chi connectivity index (χ3n) is 11.6. The highest BCUT2D eigenvalue weighted by atomic mass is 16.6. The van der Waals surface area contributed by atoms with Gasteiger partial charge in [0.05, 0.1) is 0 Å². The number of nitrogens with zero attached hydrogens (tertiary/aromatic N) is 1. The van der Waals surface area contributed by atoms with Gasteiger partial charge in [0.15, 0.2) is 0 Å². The lowest BCUT2D eigenvalue weighted by molar-refractivity contribution is -0.204. The third kappa shape index (κ3) is 5.54. The van der Waals surface area contributed by atoms with Crippen LogP contribution in [0.3, 0.4) is 0 Å². The molecule has 0 aromatic rings. The summed E-state index contributed by atoms with van der Waals surface area (Å²) >= 11 is 0. The summed E-state index contributed by atoms with van der Waals surface area (Å²) in [7, 11) is 4.41. The number of hydrogen-bond acceptors (Lipinski definition) is 6. The van der Waals surface area contributed by atoms with E-state index < -0.39 is 18.2 Å². The molecule has 0 radical (unpaired) electrons. The average Bonchev–Trinajstić information content (AvgIpc) is 3.16. The van der Waals surface area contributed by atoms with Gasteiger partial charge in [0.2, 0.25) is 5.91 Å². The second-order valence-electron chi connectivity index (χ2n) is 14.2. The van der Waals surface area contributed by atoms with Crippen LogP contribution < -0.4 is 5.32 Å². The summed E-state index contributed by atoms with van der Waals surface area (Å²) in [4.78, 5) is 39.9. The first-order valence-electron chi connectivity index (χ1n) is 15.1. The molecule has 0 saturated heterocycles. The number of nitrogens with one attached hydrogen (secondary N) is 1. The minimum atomic E-state index is -0.568. The van der Waals surface area contributed by atoms with Gasteiger partial charge in [0, 0.05) is 31.9 Å². The molecule has 0 spiro atoms. The Morgan fingerprint density at radius 3 is 2.08 bits per heavy atom. The molecule has 11 atom stereocenters. The van der Waals surface area contributed by atoms with Gasteiger partial charge >= 0.3 is 11.9 Å². The van der Waals surface area contributed by atoms with Crippen molar-refractivity contribution in [3.63, 3.8) is 0 Å². The molecule has 1 N–H and O–H groups in total. The molecule has 7 heteroatoms. The Morgan fingerprint density at radius 1 is 0.872 bits per heavy atom. The molecular weight excluding hydrogens is 492 g/mol. The normalized spacial score (nSPS) is 41.9. The van der Waals surface area contributed by atoms with Crippen molar-refractivity contribution in [2.45, 2.75) is 118 Å². The summed E-state index contributed by atoms with van der Waals surface area (Å²) in [6, 6.07) is -0.00814. The van der Waals surface area contributed by atoms with Gasteiger partial charge in [-0.3, -0.25) is 14.4 Å². The van der Waals surface area contributed by atoms with E-state index in [4.69, 9.17) is 9.47 Å². The number of rotatable bonds is 6. The van der Waals surface area contributed by atoms with Crippen LogP contribution in [0, 0.1) is 40.4 Å². The Hall–Kier alpha value is -1.89. The standard InChI is InChI=1S/C32H52N2O5/c1-18(2)16-28(37)33-29-27(38-20(4)35)17-32(7)25-14-15-31(6)23(19(3)34(8)9)12-13-24(31)22(25)10-11-26(32)30(29)39-21(5)36/h16,19,22-27,29-30H,10-15,17H2,1-9H3,(H,33,37). The number of fused-ring (bicyclic) bond motifs is 5. The lowest BCUT2D eigenvalue weighted by atomic mass is 9.43. The van der Waals surface area contributed by atoms with Crippen LogP contribution in [0.5, 0.6) is 0 Å². The molecule has 1 amide bonds. The second kappa shape index (κ2) is 11.2.